The number of nitrogens with two attached hydrogens (primary N) is 1. The van der Waals surface area contributed by atoms with Gasteiger partial charge in [-0.15, -0.1) is 0 Å². The average Bonchev–Trinajstić information content (AvgIpc) is 2.58. The van der Waals surface area contributed by atoms with Gasteiger partial charge in [0.25, 0.3) is 0 Å². The second-order valence-corrected chi connectivity index (χ2v) is 5.19. The molecule has 0 bridgehead atoms. The smallest absolute Gasteiger partial charge is 0.312 e. The van der Waals surface area contributed by atoms with Gasteiger partial charge < -0.3 is 21.1 Å². The Bertz CT molecular complexity index is 691. The van der Waals surface area contributed by atoms with Gasteiger partial charge in [0.2, 0.25) is 11.8 Å². The summed E-state index contributed by atoms with van der Waals surface area (Å²) in [5.41, 5.74) is 6.77. The van der Waals surface area contributed by atoms with Gasteiger partial charge in [0, 0.05) is 18.3 Å². The number of ether oxygens (including phenoxy) is 1. The molecular formula is C17H20N4O3. The third-order valence-corrected chi connectivity index (χ3v) is 3.27. The Morgan fingerprint density at radius 2 is 1.96 bits per heavy atom. The van der Waals surface area contributed by atoms with Crippen LogP contribution in [0.5, 0.6) is 5.88 Å². The first-order chi connectivity index (χ1) is 11.6. The lowest BCUT2D eigenvalue weighted by Gasteiger charge is -2.14. The van der Waals surface area contributed by atoms with E-state index in [9.17, 15) is 9.59 Å². The number of pyridine rings is 1. The van der Waals surface area contributed by atoms with Crippen molar-refractivity contribution < 1.29 is 14.3 Å². The number of hydrogen-bond donors (Lipinski definition) is 3. The second-order valence-electron chi connectivity index (χ2n) is 5.19. The lowest BCUT2D eigenvalue weighted by atomic mass is 10.2. The Balaban J connectivity index is 1.93. The summed E-state index contributed by atoms with van der Waals surface area (Å²) < 4.78 is 5.73. The molecule has 0 aliphatic rings. The van der Waals surface area contributed by atoms with Crippen molar-refractivity contribution in [2.24, 2.45) is 5.73 Å². The third kappa shape index (κ3) is 5.28. The molecule has 1 atom stereocenters. The zero-order chi connectivity index (χ0) is 17.4. The predicted molar refractivity (Wildman–Crippen MR) is 89.0 cm³/mol. The van der Waals surface area contributed by atoms with E-state index in [2.05, 4.69) is 15.6 Å². The number of nitrogens with zero attached hydrogens (tertiary/aromatic N) is 1. The van der Waals surface area contributed by atoms with Crippen molar-refractivity contribution in [1.29, 1.82) is 0 Å². The van der Waals surface area contributed by atoms with Gasteiger partial charge in [-0.1, -0.05) is 36.4 Å². The number of urea groups is 1. The zero-order valence-corrected chi connectivity index (χ0v) is 13.4. The molecule has 0 aliphatic heterocycles. The molecule has 2 rings (SSSR count). The Hall–Kier alpha value is -3.09. The van der Waals surface area contributed by atoms with Crippen molar-refractivity contribution in [3.63, 3.8) is 0 Å². The summed E-state index contributed by atoms with van der Waals surface area (Å²) in [6.45, 7) is 2.18. The molecule has 0 saturated heterocycles. The highest BCUT2D eigenvalue weighted by Crippen LogP contribution is 2.15. The second kappa shape index (κ2) is 8.52. The number of benzene rings is 1. The van der Waals surface area contributed by atoms with E-state index in [-0.39, 0.29) is 12.5 Å². The van der Waals surface area contributed by atoms with Crippen LogP contribution in [0.3, 0.4) is 0 Å². The van der Waals surface area contributed by atoms with E-state index in [0.717, 1.165) is 11.1 Å². The topological polar surface area (TPSA) is 106 Å². The zero-order valence-electron chi connectivity index (χ0n) is 13.4. The summed E-state index contributed by atoms with van der Waals surface area (Å²) in [5, 5.41) is 5.03. The third-order valence-electron chi connectivity index (χ3n) is 3.27. The van der Waals surface area contributed by atoms with Crippen LogP contribution in [0.15, 0.2) is 48.7 Å². The van der Waals surface area contributed by atoms with Crippen LogP contribution >= 0.6 is 0 Å². The normalized spacial score (nSPS) is 11.4. The van der Waals surface area contributed by atoms with E-state index in [1.165, 1.54) is 0 Å². The summed E-state index contributed by atoms with van der Waals surface area (Å²) in [5.74, 6) is 0.115. The van der Waals surface area contributed by atoms with Gasteiger partial charge in [-0.25, -0.2) is 9.78 Å². The highest BCUT2D eigenvalue weighted by atomic mass is 16.5. The molecule has 3 amide bonds. The molecule has 126 valence electrons. The van der Waals surface area contributed by atoms with Gasteiger partial charge in [0.1, 0.15) is 12.6 Å². The maximum absolute atomic E-state index is 11.9. The van der Waals surface area contributed by atoms with Crippen LogP contribution in [0.25, 0.3) is 0 Å². The summed E-state index contributed by atoms with van der Waals surface area (Å²) in [7, 11) is 0. The highest BCUT2D eigenvalue weighted by Gasteiger charge is 2.14. The number of carbonyl (C=O) groups excluding carboxylic acids is 2. The van der Waals surface area contributed by atoms with Crippen LogP contribution in [0.4, 0.5) is 4.79 Å². The number of carbonyl (C=O) groups is 2. The first kappa shape index (κ1) is 17.3. The highest BCUT2D eigenvalue weighted by molar-refractivity contribution is 5.86. The van der Waals surface area contributed by atoms with Gasteiger partial charge in [-0.05, 0) is 18.6 Å². The van der Waals surface area contributed by atoms with Crippen molar-refractivity contribution >= 4 is 11.9 Å². The quantitative estimate of drug-likeness (QED) is 0.713. The van der Waals surface area contributed by atoms with E-state index in [1.807, 2.05) is 36.4 Å². The lowest BCUT2D eigenvalue weighted by Crippen LogP contribution is -2.46. The van der Waals surface area contributed by atoms with E-state index >= 15 is 0 Å². The summed E-state index contributed by atoms with van der Waals surface area (Å²) in [4.78, 5) is 26.9. The monoisotopic (exact) mass is 328 g/mol. The van der Waals surface area contributed by atoms with Crippen LogP contribution in [-0.4, -0.2) is 23.0 Å². The van der Waals surface area contributed by atoms with Gasteiger partial charge in [-0.3, -0.25) is 4.79 Å². The van der Waals surface area contributed by atoms with Gasteiger partial charge >= 0.3 is 6.03 Å². The molecule has 0 fully saturated rings. The Morgan fingerprint density at radius 3 is 2.67 bits per heavy atom. The van der Waals surface area contributed by atoms with Gasteiger partial charge in [0.05, 0.1) is 0 Å². The minimum absolute atomic E-state index is 0.238. The van der Waals surface area contributed by atoms with Gasteiger partial charge in [0.15, 0.2) is 0 Å². The number of aromatic nitrogens is 1. The van der Waals surface area contributed by atoms with E-state index in [0.29, 0.717) is 12.5 Å². The number of amides is 3. The fraction of sp³-hybridized carbons (Fsp3) is 0.235. The fourth-order valence-corrected chi connectivity index (χ4v) is 2.03. The molecule has 1 heterocycles. The molecule has 4 N–H and O–H groups in total. The van der Waals surface area contributed by atoms with Crippen LogP contribution in [0.1, 0.15) is 18.1 Å². The van der Waals surface area contributed by atoms with E-state index in [1.54, 1.807) is 19.2 Å². The van der Waals surface area contributed by atoms with E-state index in [4.69, 9.17) is 10.5 Å². The molecule has 7 nitrogen and oxygen atoms in total. The maximum Gasteiger partial charge on any atom is 0.312 e. The Labute approximate surface area is 140 Å². The van der Waals surface area contributed by atoms with Crippen LogP contribution in [0.2, 0.25) is 0 Å². The maximum atomic E-state index is 11.9. The van der Waals surface area contributed by atoms with Crippen molar-refractivity contribution in [3.8, 4) is 5.88 Å². The Morgan fingerprint density at radius 1 is 1.21 bits per heavy atom. The summed E-state index contributed by atoms with van der Waals surface area (Å²) in [6, 6.07) is 11.9. The Kier molecular flexibility index (Phi) is 6.13. The molecule has 24 heavy (non-hydrogen) atoms. The lowest BCUT2D eigenvalue weighted by molar-refractivity contribution is -0.122. The fourth-order valence-electron chi connectivity index (χ4n) is 2.03. The van der Waals surface area contributed by atoms with Crippen LogP contribution < -0.4 is 21.1 Å². The van der Waals surface area contributed by atoms with Crippen molar-refractivity contribution in [2.45, 2.75) is 26.1 Å². The minimum Gasteiger partial charge on any atom is -0.473 e. The minimum atomic E-state index is -0.745. The molecule has 1 aromatic carbocycles. The first-order valence-corrected chi connectivity index (χ1v) is 7.50. The van der Waals surface area contributed by atoms with Gasteiger partial charge in [-0.2, -0.15) is 0 Å². The first-order valence-electron chi connectivity index (χ1n) is 7.50. The molecule has 1 aromatic heterocycles. The number of rotatable bonds is 7. The molecule has 0 aliphatic carbocycles. The van der Waals surface area contributed by atoms with E-state index < -0.39 is 12.1 Å². The molecule has 7 heteroatoms. The van der Waals surface area contributed by atoms with Crippen LogP contribution in [0, 0.1) is 0 Å². The molecule has 0 radical (unpaired) electrons. The predicted octanol–water partition coefficient (Wildman–Crippen LogP) is 1.33. The number of hydrogen-bond acceptors (Lipinski definition) is 4. The standard InChI is InChI=1S/C17H20N4O3/c1-12(21-17(18)23)15(22)20-10-14-8-5-9-19-16(14)24-11-13-6-3-2-4-7-13/h2-9,12H,10-11H2,1H3,(H,20,22)(H3,18,21,23)/t12-/m1/s1. The van der Waals surface area contributed by atoms with Crippen molar-refractivity contribution in [3.05, 3.63) is 59.8 Å². The molecular weight excluding hydrogens is 308 g/mol. The largest absolute Gasteiger partial charge is 0.473 e. The molecule has 0 saturated carbocycles. The summed E-state index contributed by atoms with van der Waals surface area (Å²) >= 11 is 0. The van der Waals surface area contributed by atoms with Crippen molar-refractivity contribution in [1.82, 2.24) is 15.6 Å². The average molecular weight is 328 g/mol. The number of primary amides is 1. The molecule has 2 aromatic rings. The molecule has 0 spiro atoms. The molecule has 0 unspecified atom stereocenters. The number of nitrogens with one attached hydrogen (secondary N) is 2. The summed E-state index contributed by atoms with van der Waals surface area (Å²) in [6.07, 6.45) is 1.63. The van der Waals surface area contributed by atoms with Crippen molar-refractivity contribution in [2.75, 3.05) is 0 Å². The van der Waals surface area contributed by atoms with Crippen LogP contribution in [-0.2, 0) is 17.9 Å². The SMILES string of the molecule is C[C@@H](NC(N)=O)C(=O)NCc1cccnc1OCc1ccccc1.